The molecular weight excluding hydrogens is 228 g/mol. The monoisotopic (exact) mass is 256 g/mol. The van der Waals surface area contributed by atoms with Crippen LogP contribution in [0.5, 0.6) is 0 Å². The van der Waals surface area contributed by atoms with E-state index in [9.17, 15) is 0 Å². The maximum absolute atomic E-state index is 6.28. The zero-order valence-electron chi connectivity index (χ0n) is 11.5. The molecule has 2 fully saturated rings. The molecule has 0 bridgehead atoms. The molecule has 0 N–H and O–H groups in total. The quantitative estimate of drug-likeness (QED) is 0.634. The van der Waals surface area contributed by atoms with Gasteiger partial charge in [0.2, 0.25) is 0 Å². The van der Waals surface area contributed by atoms with Crippen molar-refractivity contribution < 1.29 is 8.85 Å². The minimum absolute atomic E-state index is 0.781. The molecule has 0 saturated heterocycles. The Morgan fingerprint density at radius 2 is 1.47 bits per heavy atom. The molecular formula is C14H28O2Si. The van der Waals surface area contributed by atoms with Crippen LogP contribution in [0.25, 0.3) is 0 Å². The van der Waals surface area contributed by atoms with Crippen LogP contribution >= 0.6 is 0 Å². The highest BCUT2D eigenvalue weighted by Gasteiger charge is 2.48. The van der Waals surface area contributed by atoms with E-state index in [1.54, 1.807) is 0 Å². The molecule has 0 heterocycles. The highest BCUT2D eigenvalue weighted by atomic mass is 28.4. The molecule has 0 aliphatic heterocycles. The Hall–Kier alpha value is 0.137. The predicted octanol–water partition coefficient (Wildman–Crippen LogP) is 4.25. The largest absolute Gasteiger partial charge is 0.394 e. The Morgan fingerprint density at radius 3 is 1.88 bits per heavy atom. The highest BCUT2D eigenvalue weighted by molar-refractivity contribution is 6.69. The van der Waals surface area contributed by atoms with Gasteiger partial charge in [-0.3, -0.25) is 0 Å². The standard InChI is InChI=1S/C14H28O2Si/c1-3-15-17(16-4-2,12-13-8-7-9-13)14-10-5-6-11-14/h13-14H,3-12H2,1-2H3. The summed E-state index contributed by atoms with van der Waals surface area (Å²) in [5.41, 5.74) is 0.781. The lowest BCUT2D eigenvalue weighted by Gasteiger charge is -2.40. The van der Waals surface area contributed by atoms with E-state index in [1.165, 1.54) is 51.0 Å². The molecule has 2 saturated carbocycles. The van der Waals surface area contributed by atoms with Crippen molar-refractivity contribution in [2.45, 2.75) is 70.4 Å². The fourth-order valence-corrected chi connectivity index (χ4v) is 8.12. The van der Waals surface area contributed by atoms with Crippen molar-refractivity contribution in [3.05, 3.63) is 0 Å². The molecule has 2 aliphatic carbocycles. The lowest BCUT2D eigenvalue weighted by Crippen LogP contribution is -2.48. The fourth-order valence-electron chi connectivity index (χ4n) is 3.52. The van der Waals surface area contributed by atoms with Gasteiger partial charge in [-0.25, -0.2) is 0 Å². The van der Waals surface area contributed by atoms with E-state index in [2.05, 4.69) is 13.8 Å². The van der Waals surface area contributed by atoms with E-state index in [-0.39, 0.29) is 0 Å². The Balaban J connectivity index is 2.04. The summed E-state index contributed by atoms with van der Waals surface area (Å²) in [6.07, 6.45) is 9.77. The van der Waals surface area contributed by atoms with Gasteiger partial charge in [-0.2, -0.15) is 0 Å². The maximum atomic E-state index is 6.28. The molecule has 3 heteroatoms. The van der Waals surface area contributed by atoms with Crippen LogP contribution in [0.15, 0.2) is 0 Å². The van der Waals surface area contributed by atoms with Gasteiger partial charge in [0, 0.05) is 18.8 Å². The first-order chi connectivity index (χ1) is 8.30. The third kappa shape index (κ3) is 3.12. The average Bonchev–Trinajstić information content (AvgIpc) is 2.77. The van der Waals surface area contributed by atoms with E-state index >= 15 is 0 Å². The number of hydrogen-bond donors (Lipinski definition) is 0. The van der Waals surface area contributed by atoms with E-state index in [4.69, 9.17) is 8.85 Å². The maximum Gasteiger partial charge on any atom is 0.341 e. The normalized spacial score (nSPS) is 22.9. The second kappa shape index (κ2) is 6.35. The summed E-state index contributed by atoms with van der Waals surface area (Å²) in [6, 6.07) is 1.28. The molecule has 0 amide bonds. The summed E-state index contributed by atoms with van der Waals surface area (Å²) in [5.74, 6) is 0.917. The first kappa shape index (κ1) is 13.6. The minimum Gasteiger partial charge on any atom is -0.394 e. The average molecular weight is 256 g/mol. The predicted molar refractivity (Wildman–Crippen MR) is 73.4 cm³/mol. The summed E-state index contributed by atoms with van der Waals surface area (Å²) in [5, 5.41) is 0. The topological polar surface area (TPSA) is 18.5 Å². The van der Waals surface area contributed by atoms with Crippen molar-refractivity contribution in [1.29, 1.82) is 0 Å². The Morgan fingerprint density at radius 1 is 0.882 bits per heavy atom. The molecule has 0 radical (unpaired) electrons. The lowest BCUT2D eigenvalue weighted by atomic mass is 9.87. The molecule has 2 nitrogen and oxygen atoms in total. The first-order valence-electron chi connectivity index (χ1n) is 7.58. The van der Waals surface area contributed by atoms with E-state index < -0.39 is 8.56 Å². The van der Waals surface area contributed by atoms with Crippen molar-refractivity contribution in [1.82, 2.24) is 0 Å². The second-order valence-electron chi connectivity index (χ2n) is 5.66. The lowest BCUT2D eigenvalue weighted by molar-refractivity contribution is 0.158. The van der Waals surface area contributed by atoms with Crippen LogP contribution in [0.4, 0.5) is 0 Å². The van der Waals surface area contributed by atoms with Gasteiger partial charge >= 0.3 is 8.56 Å². The van der Waals surface area contributed by atoms with Crippen LogP contribution in [0.3, 0.4) is 0 Å². The Kier molecular flexibility index (Phi) is 5.06. The Bertz CT molecular complexity index is 216. The second-order valence-corrected chi connectivity index (χ2v) is 9.09. The van der Waals surface area contributed by atoms with E-state index in [0.29, 0.717) is 0 Å². The van der Waals surface area contributed by atoms with E-state index in [0.717, 1.165) is 24.7 Å². The fraction of sp³-hybridized carbons (Fsp3) is 1.00. The van der Waals surface area contributed by atoms with Gasteiger partial charge in [0.05, 0.1) is 0 Å². The molecule has 0 aromatic rings. The van der Waals surface area contributed by atoms with Gasteiger partial charge in [-0.1, -0.05) is 32.1 Å². The molecule has 0 unspecified atom stereocenters. The number of hydrogen-bond acceptors (Lipinski definition) is 2. The SMILES string of the molecule is CCO[Si](CC1CCC1)(OCC)C1CCCC1. The smallest absolute Gasteiger partial charge is 0.341 e. The van der Waals surface area contributed by atoms with Gasteiger partial charge in [0.25, 0.3) is 0 Å². The molecule has 0 atom stereocenters. The van der Waals surface area contributed by atoms with Crippen LogP contribution in [-0.4, -0.2) is 21.8 Å². The molecule has 2 rings (SSSR count). The van der Waals surface area contributed by atoms with Crippen molar-refractivity contribution in [3.8, 4) is 0 Å². The summed E-state index contributed by atoms with van der Waals surface area (Å²) in [6.45, 7) is 5.96. The summed E-state index contributed by atoms with van der Waals surface area (Å²) in [7, 11) is -1.90. The molecule has 0 spiro atoms. The summed E-state index contributed by atoms with van der Waals surface area (Å²) in [4.78, 5) is 0. The summed E-state index contributed by atoms with van der Waals surface area (Å²) >= 11 is 0. The van der Waals surface area contributed by atoms with Crippen LogP contribution in [0, 0.1) is 5.92 Å². The molecule has 0 aromatic heterocycles. The zero-order chi connectivity index (χ0) is 12.1. The zero-order valence-corrected chi connectivity index (χ0v) is 12.5. The third-order valence-electron chi connectivity index (χ3n) is 4.55. The third-order valence-corrected chi connectivity index (χ3v) is 9.07. The van der Waals surface area contributed by atoms with Gasteiger partial charge in [0.1, 0.15) is 0 Å². The van der Waals surface area contributed by atoms with Gasteiger partial charge in [0.15, 0.2) is 0 Å². The minimum atomic E-state index is -1.90. The van der Waals surface area contributed by atoms with Crippen LogP contribution in [0.1, 0.15) is 58.8 Å². The summed E-state index contributed by atoms with van der Waals surface area (Å²) < 4.78 is 12.6. The number of rotatable bonds is 7. The van der Waals surface area contributed by atoms with Crippen molar-refractivity contribution in [2.75, 3.05) is 13.2 Å². The van der Waals surface area contributed by atoms with Crippen LogP contribution in [-0.2, 0) is 8.85 Å². The van der Waals surface area contributed by atoms with Crippen molar-refractivity contribution >= 4 is 8.56 Å². The van der Waals surface area contributed by atoms with Crippen molar-refractivity contribution in [3.63, 3.8) is 0 Å². The van der Waals surface area contributed by atoms with Gasteiger partial charge in [-0.05, 0) is 38.7 Å². The Labute approximate surface area is 107 Å². The molecule has 0 aromatic carbocycles. The first-order valence-corrected chi connectivity index (χ1v) is 9.68. The molecule has 100 valence electrons. The van der Waals surface area contributed by atoms with Crippen molar-refractivity contribution in [2.24, 2.45) is 5.92 Å². The van der Waals surface area contributed by atoms with Gasteiger partial charge in [-0.15, -0.1) is 0 Å². The molecule has 2 aliphatic rings. The highest BCUT2D eigenvalue weighted by Crippen LogP contribution is 2.46. The van der Waals surface area contributed by atoms with Crippen LogP contribution < -0.4 is 0 Å². The molecule has 17 heavy (non-hydrogen) atoms. The van der Waals surface area contributed by atoms with Gasteiger partial charge < -0.3 is 8.85 Å². The van der Waals surface area contributed by atoms with E-state index in [1.807, 2.05) is 0 Å². The van der Waals surface area contributed by atoms with Crippen LogP contribution in [0.2, 0.25) is 11.6 Å².